The first-order valence-corrected chi connectivity index (χ1v) is 9.58. The smallest absolute Gasteiger partial charge is 0.260 e. The van der Waals surface area contributed by atoms with Gasteiger partial charge in [0.05, 0.1) is 0 Å². The summed E-state index contributed by atoms with van der Waals surface area (Å²) in [6, 6.07) is 29.3. The molecule has 2 aliphatic heterocycles. The van der Waals surface area contributed by atoms with Crippen LogP contribution in [0.1, 0.15) is 5.56 Å². The van der Waals surface area contributed by atoms with Gasteiger partial charge in [0, 0.05) is 11.0 Å². The standard InChI is InChI=1S/C25H17BO2/c1-16-8-2-3-9-17(16)18-10-6-12-20-25(18)28-23-15-7-14-22-24(23)26(20)19-11-4-5-13-21(19)27-22/h2-15H,1H3. The van der Waals surface area contributed by atoms with E-state index in [9.17, 15) is 0 Å². The van der Waals surface area contributed by atoms with E-state index in [1.165, 1.54) is 22.1 Å². The molecule has 4 aromatic carbocycles. The predicted molar refractivity (Wildman–Crippen MR) is 114 cm³/mol. The first kappa shape index (κ1) is 15.6. The summed E-state index contributed by atoms with van der Waals surface area (Å²) in [4.78, 5) is 0. The molecule has 2 aliphatic rings. The summed E-state index contributed by atoms with van der Waals surface area (Å²) in [6.07, 6.45) is 0. The van der Waals surface area contributed by atoms with E-state index in [1.54, 1.807) is 0 Å². The Morgan fingerprint density at radius 1 is 0.571 bits per heavy atom. The van der Waals surface area contributed by atoms with Gasteiger partial charge in [0.1, 0.15) is 23.0 Å². The molecule has 0 aromatic heterocycles. The molecule has 6 rings (SSSR count). The summed E-state index contributed by atoms with van der Waals surface area (Å²) in [5.41, 5.74) is 7.09. The summed E-state index contributed by atoms with van der Waals surface area (Å²) < 4.78 is 12.7. The lowest BCUT2D eigenvalue weighted by Crippen LogP contribution is -2.57. The number of ether oxygens (including phenoxy) is 2. The van der Waals surface area contributed by atoms with Gasteiger partial charge in [-0.25, -0.2) is 0 Å². The van der Waals surface area contributed by atoms with E-state index < -0.39 is 0 Å². The second-order valence-electron chi connectivity index (χ2n) is 7.38. The number of rotatable bonds is 1. The van der Waals surface area contributed by atoms with Crippen molar-refractivity contribution in [3.63, 3.8) is 0 Å². The number of para-hydroxylation sites is 2. The SMILES string of the molecule is Cc1ccccc1-c1cccc2c1Oc1cccc3c1B2c1ccccc1O3. The summed E-state index contributed by atoms with van der Waals surface area (Å²) >= 11 is 0. The number of hydrogen-bond donors (Lipinski definition) is 0. The minimum Gasteiger partial charge on any atom is -0.458 e. The van der Waals surface area contributed by atoms with Gasteiger partial charge in [0.25, 0.3) is 6.71 Å². The van der Waals surface area contributed by atoms with Crippen LogP contribution < -0.4 is 25.9 Å². The lowest BCUT2D eigenvalue weighted by Gasteiger charge is -2.33. The Hall–Kier alpha value is -3.46. The van der Waals surface area contributed by atoms with E-state index in [-0.39, 0.29) is 6.71 Å². The van der Waals surface area contributed by atoms with Gasteiger partial charge in [-0.3, -0.25) is 0 Å². The van der Waals surface area contributed by atoms with E-state index in [2.05, 4.69) is 61.5 Å². The quantitative estimate of drug-likeness (QED) is 0.405. The molecule has 0 unspecified atom stereocenters. The fourth-order valence-corrected chi connectivity index (χ4v) is 4.49. The Morgan fingerprint density at radius 2 is 1.21 bits per heavy atom. The van der Waals surface area contributed by atoms with E-state index >= 15 is 0 Å². The maximum absolute atomic E-state index is 6.50. The Balaban J connectivity index is 1.66. The first-order chi connectivity index (χ1) is 13.8. The molecule has 0 spiro atoms. The van der Waals surface area contributed by atoms with Crippen LogP contribution in [0.2, 0.25) is 0 Å². The monoisotopic (exact) mass is 360 g/mol. The summed E-state index contributed by atoms with van der Waals surface area (Å²) in [7, 11) is 0. The van der Waals surface area contributed by atoms with Crippen LogP contribution >= 0.6 is 0 Å². The van der Waals surface area contributed by atoms with Crippen molar-refractivity contribution in [3.8, 4) is 34.1 Å². The second kappa shape index (κ2) is 5.77. The largest absolute Gasteiger partial charge is 0.458 e. The highest BCUT2D eigenvalue weighted by atomic mass is 16.5. The van der Waals surface area contributed by atoms with Gasteiger partial charge in [-0.05, 0) is 47.2 Å². The molecule has 3 heteroatoms. The fraction of sp³-hybridized carbons (Fsp3) is 0.0400. The van der Waals surface area contributed by atoms with Crippen LogP contribution in [0, 0.1) is 6.92 Å². The predicted octanol–water partition coefficient (Wildman–Crippen LogP) is 4.39. The average Bonchev–Trinajstić information content (AvgIpc) is 2.74. The van der Waals surface area contributed by atoms with Crippen molar-refractivity contribution >= 4 is 23.1 Å². The van der Waals surface area contributed by atoms with Crippen molar-refractivity contribution < 1.29 is 9.47 Å². The van der Waals surface area contributed by atoms with E-state index in [4.69, 9.17) is 9.47 Å². The molecular formula is C25H17BO2. The van der Waals surface area contributed by atoms with E-state index in [0.717, 1.165) is 34.0 Å². The van der Waals surface area contributed by atoms with Gasteiger partial charge in [-0.15, -0.1) is 0 Å². The van der Waals surface area contributed by atoms with Crippen molar-refractivity contribution in [1.29, 1.82) is 0 Å². The molecule has 0 N–H and O–H groups in total. The van der Waals surface area contributed by atoms with Crippen molar-refractivity contribution in [2.75, 3.05) is 0 Å². The van der Waals surface area contributed by atoms with Gasteiger partial charge >= 0.3 is 0 Å². The number of benzene rings is 4. The lowest BCUT2D eigenvalue weighted by atomic mass is 9.34. The van der Waals surface area contributed by atoms with Crippen LogP contribution in [0.3, 0.4) is 0 Å². The maximum atomic E-state index is 6.50. The van der Waals surface area contributed by atoms with Crippen LogP contribution in [0.5, 0.6) is 23.0 Å². The third-order valence-electron chi connectivity index (χ3n) is 5.77. The van der Waals surface area contributed by atoms with Crippen molar-refractivity contribution in [2.24, 2.45) is 0 Å². The van der Waals surface area contributed by atoms with Crippen LogP contribution in [0.4, 0.5) is 0 Å². The Morgan fingerprint density at radius 3 is 2.11 bits per heavy atom. The highest BCUT2D eigenvalue weighted by Crippen LogP contribution is 2.39. The second-order valence-corrected chi connectivity index (χ2v) is 7.38. The lowest BCUT2D eigenvalue weighted by molar-refractivity contribution is 0.465. The topological polar surface area (TPSA) is 18.5 Å². The summed E-state index contributed by atoms with van der Waals surface area (Å²) in [5, 5.41) is 0. The van der Waals surface area contributed by atoms with Gasteiger partial charge in [0.15, 0.2) is 0 Å². The molecule has 0 atom stereocenters. The number of fused-ring (bicyclic) bond motifs is 4. The molecule has 2 heterocycles. The van der Waals surface area contributed by atoms with Crippen molar-refractivity contribution in [3.05, 3.63) is 90.5 Å². The van der Waals surface area contributed by atoms with E-state index in [1.807, 2.05) is 30.3 Å². The van der Waals surface area contributed by atoms with Gasteiger partial charge in [0.2, 0.25) is 0 Å². The van der Waals surface area contributed by atoms with Gasteiger partial charge in [-0.2, -0.15) is 0 Å². The van der Waals surface area contributed by atoms with Gasteiger partial charge < -0.3 is 9.47 Å². The molecule has 0 saturated carbocycles. The molecule has 28 heavy (non-hydrogen) atoms. The molecule has 0 fully saturated rings. The Bertz CT molecular complexity index is 1250. The maximum Gasteiger partial charge on any atom is 0.260 e. The zero-order valence-corrected chi connectivity index (χ0v) is 15.5. The molecule has 4 aromatic rings. The molecule has 0 saturated heterocycles. The highest BCUT2D eigenvalue weighted by molar-refractivity contribution is 6.98. The number of aryl methyl sites for hydroxylation is 1. The van der Waals surface area contributed by atoms with Crippen LogP contribution in [0.25, 0.3) is 11.1 Å². The minimum atomic E-state index is 0.115. The zero-order chi connectivity index (χ0) is 18.7. The van der Waals surface area contributed by atoms with Crippen molar-refractivity contribution in [2.45, 2.75) is 6.92 Å². The molecular weight excluding hydrogens is 343 g/mol. The summed E-state index contributed by atoms with van der Waals surface area (Å²) in [5.74, 6) is 3.63. The number of hydrogen-bond acceptors (Lipinski definition) is 2. The fourth-order valence-electron chi connectivity index (χ4n) is 4.49. The zero-order valence-electron chi connectivity index (χ0n) is 15.5. The molecule has 2 nitrogen and oxygen atoms in total. The van der Waals surface area contributed by atoms with Crippen molar-refractivity contribution in [1.82, 2.24) is 0 Å². The molecule has 0 radical (unpaired) electrons. The Kier molecular flexibility index (Phi) is 3.21. The third kappa shape index (κ3) is 2.10. The highest BCUT2D eigenvalue weighted by Gasteiger charge is 2.40. The Labute approximate surface area is 164 Å². The molecule has 0 bridgehead atoms. The molecule has 0 aliphatic carbocycles. The minimum absolute atomic E-state index is 0.115. The molecule has 0 amide bonds. The first-order valence-electron chi connectivity index (χ1n) is 9.58. The normalized spacial score (nSPS) is 13.0. The third-order valence-corrected chi connectivity index (χ3v) is 5.77. The van der Waals surface area contributed by atoms with Crippen LogP contribution in [0.15, 0.2) is 84.9 Å². The van der Waals surface area contributed by atoms with Gasteiger partial charge in [-0.1, -0.05) is 66.7 Å². The van der Waals surface area contributed by atoms with Crippen LogP contribution in [-0.2, 0) is 0 Å². The average molecular weight is 360 g/mol. The molecule has 132 valence electrons. The van der Waals surface area contributed by atoms with Crippen LogP contribution in [-0.4, -0.2) is 6.71 Å². The summed E-state index contributed by atoms with van der Waals surface area (Å²) in [6.45, 7) is 2.26. The van der Waals surface area contributed by atoms with E-state index in [0.29, 0.717) is 0 Å².